The molecule has 2 N–H and O–H groups in total. The van der Waals surface area contributed by atoms with E-state index in [9.17, 15) is 4.79 Å². The number of carbonyl (C=O) groups is 1. The zero-order valence-corrected chi connectivity index (χ0v) is 9.47. The molecule has 1 heterocycles. The van der Waals surface area contributed by atoms with Crippen molar-refractivity contribution in [2.45, 2.75) is 31.9 Å². The van der Waals surface area contributed by atoms with Gasteiger partial charge in [0.25, 0.3) is 5.91 Å². The van der Waals surface area contributed by atoms with E-state index in [-0.39, 0.29) is 18.1 Å². The van der Waals surface area contributed by atoms with E-state index in [4.69, 9.17) is 10.4 Å². The van der Waals surface area contributed by atoms with Crippen LogP contribution in [0.1, 0.15) is 34.6 Å². The summed E-state index contributed by atoms with van der Waals surface area (Å²) in [5, 5.41) is 20.6. The van der Waals surface area contributed by atoms with Crippen LogP contribution in [0.5, 0.6) is 0 Å². The smallest absolute Gasteiger partial charge is 0.270 e. The SMILES string of the molecule is Cc1nc(C(=O)NC2CC(O)C2)ccc1C#N. The highest BCUT2D eigenvalue weighted by molar-refractivity contribution is 5.92. The maximum Gasteiger partial charge on any atom is 0.270 e. The number of nitriles is 1. The quantitative estimate of drug-likeness (QED) is 0.776. The molecule has 1 aliphatic rings. The molecule has 5 heteroatoms. The van der Waals surface area contributed by atoms with Crippen LogP contribution in [0.15, 0.2) is 12.1 Å². The van der Waals surface area contributed by atoms with Gasteiger partial charge in [0.1, 0.15) is 11.8 Å². The number of aliphatic hydroxyl groups is 1. The molecule has 1 aliphatic carbocycles. The highest BCUT2D eigenvalue weighted by atomic mass is 16.3. The number of hydrogen-bond donors (Lipinski definition) is 2. The van der Waals surface area contributed by atoms with Gasteiger partial charge in [-0.3, -0.25) is 4.79 Å². The second-order valence-electron chi connectivity index (χ2n) is 4.24. The molecule has 0 aromatic carbocycles. The van der Waals surface area contributed by atoms with Gasteiger partial charge in [-0.2, -0.15) is 5.26 Å². The third kappa shape index (κ3) is 2.43. The predicted molar refractivity (Wildman–Crippen MR) is 60.2 cm³/mol. The number of aliphatic hydroxyl groups excluding tert-OH is 1. The monoisotopic (exact) mass is 231 g/mol. The van der Waals surface area contributed by atoms with Crippen molar-refractivity contribution in [1.29, 1.82) is 5.26 Å². The lowest BCUT2D eigenvalue weighted by molar-refractivity contribution is 0.0560. The van der Waals surface area contributed by atoms with E-state index in [0.717, 1.165) is 0 Å². The first kappa shape index (κ1) is 11.6. The number of carbonyl (C=O) groups excluding carboxylic acids is 1. The molecule has 0 unspecified atom stereocenters. The lowest BCUT2D eigenvalue weighted by atomic mass is 9.89. The average Bonchev–Trinajstić information content (AvgIpc) is 2.26. The Morgan fingerprint density at radius 2 is 2.29 bits per heavy atom. The summed E-state index contributed by atoms with van der Waals surface area (Å²) in [5.74, 6) is -0.255. The Balaban J connectivity index is 2.05. The Bertz CT molecular complexity index is 487. The third-order valence-electron chi connectivity index (χ3n) is 2.89. The lowest BCUT2D eigenvalue weighted by Crippen LogP contribution is -2.46. The predicted octanol–water partition coefficient (Wildman–Crippen LogP) is 0.515. The molecule has 88 valence electrons. The first-order valence-corrected chi connectivity index (χ1v) is 5.47. The molecule has 0 atom stereocenters. The highest BCUT2D eigenvalue weighted by Gasteiger charge is 2.28. The van der Waals surface area contributed by atoms with Crippen molar-refractivity contribution in [3.05, 3.63) is 29.1 Å². The summed E-state index contributed by atoms with van der Waals surface area (Å²) >= 11 is 0. The Morgan fingerprint density at radius 3 is 2.82 bits per heavy atom. The molecule has 17 heavy (non-hydrogen) atoms. The summed E-state index contributed by atoms with van der Waals surface area (Å²) in [7, 11) is 0. The zero-order chi connectivity index (χ0) is 12.4. The molecule has 1 aromatic rings. The van der Waals surface area contributed by atoms with Crippen LogP contribution >= 0.6 is 0 Å². The second kappa shape index (κ2) is 4.52. The number of rotatable bonds is 2. The molecule has 1 aromatic heterocycles. The maximum atomic E-state index is 11.8. The highest BCUT2D eigenvalue weighted by Crippen LogP contribution is 2.19. The molecular weight excluding hydrogens is 218 g/mol. The van der Waals surface area contributed by atoms with Crippen molar-refractivity contribution >= 4 is 5.91 Å². The normalized spacial score (nSPS) is 22.4. The van der Waals surface area contributed by atoms with Gasteiger partial charge in [0.15, 0.2) is 0 Å². The topological polar surface area (TPSA) is 86.0 Å². The molecule has 0 bridgehead atoms. The maximum absolute atomic E-state index is 11.8. The van der Waals surface area contributed by atoms with Crippen molar-refractivity contribution in [2.75, 3.05) is 0 Å². The van der Waals surface area contributed by atoms with Gasteiger partial charge in [-0.25, -0.2) is 4.98 Å². The van der Waals surface area contributed by atoms with E-state index in [0.29, 0.717) is 29.8 Å². The Labute approximate surface area is 99.1 Å². The van der Waals surface area contributed by atoms with Crippen LogP contribution < -0.4 is 5.32 Å². The van der Waals surface area contributed by atoms with E-state index in [1.807, 2.05) is 6.07 Å². The number of nitrogens with zero attached hydrogens (tertiary/aromatic N) is 2. The minimum Gasteiger partial charge on any atom is -0.393 e. The summed E-state index contributed by atoms with van der Waals surface area (Å²) in [6, 6.07) is 5.17. The van der Waals surface area contributed by atoms with Gasteiger partial charge in [0.05, 0.1) is 17.4 Å². The Hall–Kier alpha value is -1.93. The van der Waals surface area contributed by atoms with E-state index in [1.165, 1.54) is 6.07 Å². The van der Waals surface area contributed by atoms with Crippen LogP contribution in [-0.2, 0) is 0 Å². The molecule has 1 fully saturated rings. The summed E-state index contributed by atoms with van der Waals surface area (Å²) in [6.45, 7) is 1.70. The third-order valence-corrected chi connectivity index (χ3v) is 2.89. The van der Waals surface area contributed by atoms with Crippen LogP contribution in [-0.4, -0.2) is 28.1 Å². The molecule has 2 rings (SSSR count). The Kier molecular flexibility index (Phi) is 3.07. The van der Waals surface area contributed by atoms with Crippen LogP contribution in [0.4, 0.5) is 0 Å². The van der Waals surface area contributed by atoms with Crippen LogP contribution in [0, 0.1) is 18.3 Å². The van der Waals surface area contributed by atoms with Gasteiger partial charge < -0.3 is 10.4 Å². The first-order valence-electron chi connectivity index (χ1n) is 5.47. The van der Waals surface area contributed by atoms with Gasteiger partial charge in [0.2, 0.25) is 0 Å². The average molecular weight is 231 g/mol. The van der Waals surface area contributed by atoms with Crippen molar-refractivity contribution in [2.24, 2.45) is 0 Å². The number of hydrogen-bond acceptors (Lipinski definition) is 4. The molecule has 1 saturated carbocycles. The summed E-state index contributed by atoms with van der Waals surface area (Å²) in [4.78, 5) is 15.8. The number of aromatic nitrogens is 1. The van der Waals surface area contributed by atoms with Gasteiger partial charge in [-0.15, -0.1) is 0 Å². The first-order chi connectivity index (χ1) is 8.10. The molecule has 0 aliphatic heterocycles. The standard InChI is InChI=1S/C12H13N3O2/c1-7-8(6-13)2-3-11(14-7)12(17)15-9-4-10(16)5-9/h2-3,9-10,16H,4-5H2,1H3,(H,15,17). The van der Waals surface area contributed by atoms with Crippen molar-refractivity contribution in [3.8, 4) is 6.07 Å². The summed E-state index contributed by atoms with van der Waals surface area (Å²) < 4.78 is 0. The van der Waals surface area contributed by atoms with Crippen LogP contribution in [0.2, 0.25) is 0 Å². The fourth-order valence-electron chi connectivity index (χ4n) is 1.77. The fraction of sp³-hybridized carbons (Fsp3) is 0.417. The zero-order valence-electron chi connectivity index (χ0n) is 9.47. The van der Waals surface area contributed by atoms with Crippen molar-refractivity contribution in [1.82, 2.24) is 10.3 Å². The molecule has 1 amide bonds. The second-order valence-corrected chi connectivity index (χ2v) is 4.24. The van der Waals surface area contributed by atoms with E-state index in [2.05, 4.69) is 10.3 Å². The van der Waals surface area contributed by atoms with Crippen LogP contribution in [0.3, 0.4) is 0 Å². The van der Waals surface area contributed by atoms with Gasteiger partial charge >= 0.3 is 0 Å². The van der Waals surface area contributed by atoms with Crippen molar-refractivity contribution in [3.63, 3.8) is 0 Å². The van der Waals surface area contributed by atoms with Crippen molar-refractivity contribution < 1.29 is 9.90 Å². The molecule has 0 spiro atoms. The molecule has 0 radical (unpaired) electrons. The number of nitrogens with one attached hydrogen (secondary N) is 1. The number of aryl methyl sites for hydroxylation is 1. The minimum absolute atomic E-state index is 0.0373. The number of amides is 1. The van der Waals surface area contributed by atoms with Gasteiger partial charge in [-0.05, 0) is 31.9 Å². The minimum atomic E-state index is -0.295. The fourth-order valence-corrected chi connectivity index (χ4v) is 1.77. The Morgan fingerprint density at radius 1 is 1.59 bits per heavy atom. The van der Waals surface area contributed by atoms with E-state index >= 15 is 0 Å². The van der Waals surface area contributed by atoms with Crippen LogP contribution in [0.25, 0.3) is 0 Å². The molecule has 0 saturated heterocycles. The summed E-state index contributed by atoms with van der Waals surface area (Å²) in [6.07, 6.45) is 0.901. The largest absolute Gasteiger partial charge is 0.393 e. The van der Waals surface area contributed by atoms with Gasteiger partial charge in [-0.1, -0.05) is 0 Å². The lowest BCUT2D eigenvalue weighted by Gasteiger charge is -2.31. The van der Waals surface area contributed by atoms with E-state index in [1.54, 1.807) is 13.0 Å². The summed E-state index contributed by atoms with van der Waals surface area (Å²) in [5.41, 5.74) is 1.33. The molecular formula is C12H13N3O2. The van der Waals surface area contributed by atoms with Gasteiger partial charge in [0, 0.05) is 6.04 Å². The van der Waals surface area contributed by atoms with E-state index < -0.39 is 0 Å². The number of pyridine rings is 1. The molecule has 5 nitrogen and oxygen atoms in total.